The van der Waals surface area contributed by atoms with E-state index >= 15 is 0 Å². The van der Waals surface area contributed by atoms with Gasteiger partial charge in [0.05, 0.1) is 0 Å². The molecule has 0 spiro atoms. The van der Waals surface area contributed by atoms with Crippen LogP contribution >= 0.6 is 0 Å². The first-order chi connectivity index (χ1) is 7.92. The van der Waals surface area contributed by atoms with Gasteiger partial charge in [0.1, 0.15) is 0 Å². The summed E-state index contributed by atoms with van der Waals surface area (Å²) in [6.45, 7) is 6.66. The zero-order valence-electron chi connectivity index (χ0n) is 11.4. The Morgan fingerprint density at radius 2 is 1.71 bits per heavy atom. The molecule has 0 heterocycles. The van der Waals surface area contributed by atoms with E-state index in [2.05, 4.69) is 24.1 Å². The molecule has 1 saturated carbocycles. The van der Waals surface area contributed by atoms with E-state index in [9.17, 15) is 0 Å². The van der Waals surface area contributed by atoms with Gasteiger partial charge >= 0.3 is 0 Å². The molecule has 4 N–H and O–H groups in total. The van der Waals surface area contributed by atoms with E-state index in [0.717, 1.165) is 18.1 Å². The lowest BCUT2D eigenvalue weighted by Gasteiger charge is -2.37. The van der Waals surface area contributed by atoms with Crippen LogP contribution in [0.3, 0.4) is 0 Å². The molecule has 0 unspecified atom stereocenters. The summed E-state index contributed by atoms with van der Waals surface area (Å²) in [5.41, 5.74) is 11.8. The Balaban J connectivity index is 2.58. The molecule has 0 saturated heterocycles. The van der Waals surface area contributed by atoms with Gasteiger partial charge in [-0.2, -0.15) is 5.10 Å². The van der Waals surface area contributed by atoms with Crippen LogP contribution in [0.4, 0.5) is 0 Å². The van der Waals surface area contributed by atoms with Crippen molar-refractivity contribution in [1.82, 2.24) is 0 Å². The predicted octanol–water partition coefficient (Wildman–Crippen LogP) is 2.63. The first-order valence-electron chi connectivity index (χ1n) is 6.54. The second-order valence-electron chi connectivity index (χ2n) is 5.86. The highest BCUT2D eigenvalue weighted by molar-refractivity contribution is 5.84. The van der Waals surface area contributed by atoms with Crippen molar-refractivity contribution in [2.24, 2.45) is 33.0 Å². The topological polar surface area (TPSA) is 76.8 Å². The average Bonchev–Trinajstić information content (AvgIpc) is 2.27. The van der Waals surface area contributed by atoms with Crippen molar-refractivity contribution in [3.63, 3.8) is 0 Å². The summed E-state index contributed by atoms with van der Waals surface area (Å²) in [6, 6.07) is 0. The second-order valence-corrected chi connectivity index (χ2v) is 5.86. The fraction of sp³-hybridized carbons (Fsp3) is 0.846. The van der Waals surface area contributed by atoms with Crippen molar-refractivity contribution in [2.75, 3.05) is 0 Å². The Kier molecular flexibility index (Phi) is 4.97. The minimum absolute atomic E-state index is 0.0276. The van der Waals surface area contributed by atoms with Crippen molar-refractivity contribution in [3.8, 4) is 0 Å². The van der Waals surface area contributed by atoms with Crippen molar-refractivity contribution in [1.29, 1.82) is 0 Å². The molecule has 0 atom stereocenters. The van der Waals surface area contributed by atoms with Crippen LogP contribution in [0, 0.1) is 11.3 Å². The lowest BCUT2D eigenvalue weighted by atomic mass is 9.69. The molecule has 17 heavy (non-hydrogen) atoms. The summed E-state index contributed by atoms with van der Waals surface area (Å²) in [5, 5.41) is 7.77. The molecule has 1 aliphatic carbocycles. The summed E-state index contributed by atoms with van der Waals surface area (Å²) in [5.74, 6) is 0.834. The van der Waals surface area contributed by atoms with Crippen LogP contribution in [-0.4, -0.2) is 11.7 Å². The summed E-state index contributed by atoms with van der Waals surface area (Å²) < 4.78 is 0. The Morgan fingerprint density at radius 3 is 2.24 bits per heavy atom. The lowest BCUT2D eigenvalue weighted by molar-refractivity contribution is 0.166. The van der Waals surface area contributed by atoms with E-state index in [1.807, 2.05) is 6.92 Å². The van der Waals surface area contributed by atoms with Gasteiger partial charge in [-0.25, -0.2) is 0 Å². The highest BCUT2D eigenvalue weighted by Crippen LogP contribution is 2.40. The second kappa shape index (κ2) is 6.03. The molecule has 0 aromatic rings. The van der Waals surface area contributed by atoms with Crippen LogP contribution in [0.15, 0.2) is 10.2 Å². The number of nitrogens with two attached hydrogens (primary N) is 2. The summed E-state index contributed by atoms with van der Waals surface area (Å²) in [6.07, 6.45) is 7.81. The Hall–Kier alpha value is -1.06. The van der Waals surface area contributed by atoms with Gasteiger partial charge in [-0.1, -0.05) is 33.1 Å². The normalized spacial score (nSPS) is 19.1. The summed E-state index contributed by atoms with van der Waals surface area (Å²) in [7, 11) is 0. The van der Waals surface area contributed by atoms with Gasteiger partial charge in [0.2, 0.25) is 5.96 Å². The third kappa shape index (κ3) is 4.75. The van der Waals surface area contributed by atoms with E-state index in [1.165, 1.54) is 32.1 Å². The van der Waals surface area contributed by atoms with Gasteiger partial charge in [0.15, 0.2) is 0 Å². The highest BCUT2D eigenvalue weighted by atomic mass is 15.3. The maximum absolute atomic E-state index is 5.27. The molecule has 0 radical (unpaired) electrons. The van der Waals surface area contributed by atoms with E-state index in [0.29, 0.717) is 5.41 Å². The molecule has 0 amide bonds. The molecule has 0 aromatic carbocycles. The average molecular weight is 238 g/mol. The molecule has 0 aromatic heterocycles. The SMILES string of the molecule is C/C(CC(C)(C)C1CCCCC1)=N/N=C(N)N. The lowest BCUT2D eigenvalue weighted by Crippen LogP contribution is -2.28. The molecular weight excluding hydrogens is 212 g/mol. The largest absolute Gasteiger partial charge is 0.369 e. The van der Waals surface area contributed by atoms with Crippen LogP contribution < -0.4 is 11.5 Å². The molecule has 1 rings (SSSR count). The van der Waals surface area contributed by atoms with Gasteiger partial charge in [-0.05, 0) is 37.5 Å². The number of hydrogen-bond acceptors (Lipinski definition) is 2. The smallest absolute Gasteiger partial charge is 0.211 e. The van der Waals surface area contributed by atoms with E-state index in [-0.39, 0.29) is 5.96 Å². The molecule has 0 aliphatic heterocycles. The Morgan fingerprint density at radius 1 is 1.12 bits per heavy atom. The fourth-order valence-corrected chi connectivity index (χ4v) is 2.87. The van der Waals surface area contributed by atoms with Crippen LogP contribution in [0.5, 0.6) is 0 Å². The summed E-state index contributed by atoms with van der Waals surface area (Å²) >= 11 is 0. The molecule has 98 valence electrons. The van der Waals surface area contributed by atoms with Gasteiger partial charge in [0.25, 0.3) is 0 Å². The van der Waals surface area contributed by atoms with Crippen molar-refractivity contribution in [3.05, 3.63) is 0 Å². The quantitative estimate of drug-likeness (QED) is 0.449. The van der Waals surface area contributed by atoms with Crippen molar-refractivity contribution < 1.29 is 0 Å². The Bertz CT molecular complexity index is 295. The van der Waals surface area contributed by atoms with Crippen LogP contribution in [0.25, 0.3) is 0 Å². The first-order valence-corrected chi connectivity index (χ1v) is 6.54. The van der Waals surface area contributed by atoms with Gasteiger partial charge < -0.3 is 11.5 Å². The van der Waals surface area contributed by atoms with Crippen LogP contribution in [-0.2, 0) is 0 Å². The minimum Gasteiger partial charge on any atom is -0.369 e. The summed E-state index contributed by atoms with van der Waals surface area (Å²) in [4.78, 5) is 0. The zero-order valence-corrected chi connectivity index (χ0v) is 11.4. The standard InChI is InChI=1S/C13H26N4/c1-10(16-17-12(14)15)9-13(2,3)11-7-5-4-6-8-11/h11H,4-9H2,1-3H3,(H4,14,15,17)/b16-10-. The van der Waals surface area contributed by atoms with Crippen molar-refractivity contribution >= 4 is 11.7 Å². The van der Waals surface area contributed by atoms with E-state index in [4.69, 9.17) is 11.5 Å². The number of nitrogens with zero attached hydrogens (tertiary/aromatic N) is 2. The van der Waals surface area contributed by atoms with Crippen molar-refractivity contribution in [2.45, 2.75) is 59.3 Å². The monoisotopic (exact) mass is 238 g/mol. The van der Waals surface area contributed by atoms with E-state index in [1.54, 1.807) is 0 Å². The first kappa shape index (κ1) is 14.0. The van der Waals surface area contributed by atoms with Crippen LogP contribution in [0.2, 0.25) is 0 Å². The number of guanidine groups is 1. The van der Waals surface area contributed by atoms with Gasteiger partial charge in [0, 0.05) is 5.71 Å². The zero-order chi connectivity index (χ0) is 12.9. The molecule has 4 heteroatoms. The Labute approximate surface area is 105 Å². The maximum Gasteiger partial charge on any atom is 0.211 e. The highest BCUT2D eigenvalue weighted by Gasteiger charge is 2.30. The number of rotatable bonds is 4. The minimum atomic E-state index is 0.0276. The predicted molar refractivity (Wildman–Crippen MR) is 73.9 cm³/mol. The molecular formula is C13H26N4. The van der Waals surface area contributed by atoms with Crippen LogP contribution in [0.1, 0.15) is 59.3 Å². The number of hydrogen-bond donors (Lipinski definition) is 2. The third-order valence-corrected chi connectivity index (χ3v) is 3.76. The molecule has 1 aliphatic rings. The van der Waals surface area contributed by atoms with Gasteiger partial charge in [-0.3, -0.25) is 0 Å². The molecule has 4 nitrogen and oxygen atoms in total. The fourth-order valence-electron chi connectivity index (χ4n) is 2.87. The third-order valence-electron chi connectivity index (χ3n) is 3.76. The molecule has 0 bridgehead atoms. The maximum atomic E-state index is 5.27. The van der Waals surface area contributed by atoms with E-state index < -0.39 is 0 Å². The molecule has 1 fully saturated rings. The van der Waals surface area contributed by atoms with Gasteiger partial charge in [-0.15, -0.1) is 5.10 Å².